The molecule has 0 aliphatic rings. The van der Waals surface area contributed by atoms with Crippen molar-refractivity contribution in [3.63, 3.8) is 0 Å². The highest BCUT2D eigenvalue weighted by atomic mass is 31.1. The number of hydrogen-bond acceptors (Lipinski definition) is 6. The quantitative estimate of drug-likeness (QED) is 0.435. The Morgan fingerprint density at radius 3 is 1.54 bits per heavy atom. The summed E-state index contributed by atoms with van der Waals surface area (Å²) < 4.78 is 28.3. The molecule has 0 N–H and O–H groups in total. The molecule has 6 nitrogen and oxygen atoms in total. The van der Waals surface area contributed by atoms with Crippen molar-refractivity contribution in [1.29, 1.82) is 0 Å². The summed E-state index contributed by atoms with van der Waals surface area (Å²) in [4.78, 5) is 19.8. The summed E-state index contributed by atoms with van der Waals surface area (Å²) in [6, 6.07) is 0. The second kappa shape index (κ2) is 8.63. The van der Waals surface area contributed by atoms with E-state index in [0.29, 0.717) is 19.3 Å². The van der Waals surface area contributed by atoms with Crippen LogP contribution in [0.4, 0.5) is 0 Å². The topological polar surface area (TPSA) is 98.7 Å². The van der Waals surface area contributed by atoms with E-state index in [0.717, 1.165) is 0 Å². The molecule has 0 bridgehead atoms. The van der Waals surface area contributed by atoms with Gasteiger partial charge in [-0.1, -0.05) is 0 Å². The highest BCUT2D eigenvalue weighted by molar-refractivity contribution is 7.30. The maximum atomic E-state index is 9.89. The van der Waals surface area contributed by atoms with Crippen LogP contribution in [0.25, 0.3) is 0 Å². The Hall–Kier alpha value is 0.0400. The van der Waals surface area contributed by atoms with E-state index in [1.54, 1.807) is 0 Å². The Morgan fingerprint density at radius 1 is 0.846 bits per heavy atom. The average molecular weight is 228 g/mol. The summed E-state index contributed by atoms with van der Waals surface area (Å²) >= 11 is 0. The van der Waals surface area contributed by atoms with Gasteiger partial charge in [0, 0.05) is 0 Å². The molecule has 8 heteroatoms. The summed E-state index contributed by atoms with van der Waals surface area (Å²) in [7, 11) is -5.53. The van der Waals surface area contributed by atoms with Gasteiger partial charge in [-0.3, -0.25) is 0 Å². The summed E-state index contributed by atoms with van der Waals surface area (Å²) in [5.41, 5.74) is 0. The zero-order chi connectivity index (χ0) is 10.1. The first-order valence-electron chi connectivity index (χ1n) is 3.67. The molecule has 13 heavy (non-hydrogen) atoms. The Labute approximate surface area is 77.8 Å². The number of unbranched alkanes of at least 4 members (excludes halogenated alkanes) is 2. The van der Waals surface area contributed by atoms with E-state index >= 15 is 0 Å². The molecule has 0 radical (unpaired) electrons. The van der Waals surface area contributed by atoms with Crippen molar-refractivity contribution in [2.45, 2.75) is 19.3 Å². The standard InChI is InChI=1S/C5H10O6P2/c6-12(7)10-4-2-1-3-5-11-13(8)9/h1-5H2. The Balaban J connectivity index is 3.00. The van der Waals surface area contributed by atoms with Crippen LogP contribution in [0.2, 0.25) is 0 Å². The van der Waals surface area contributed by atoms with Gasteiger partial charge in [-0.25, -0.2) is 0 Å². The Bertz CT molecular complexity index is 154. The monoisotopic (exact) mass is 228 g/mol. The fraction of sp³-hybridized carbons (Fsp3) is 1.00. The molecule has 76 valence electrons. The lowest BCUT2D eigenvalue weighted by atomic mass is 10.2. The zero-order valence-corrected chi connectivity index (χ0v) is 8.67. The molecule has 0 aliphatic heterocycles. The molecule has 0 aromatic rings. The fourth-order valence-electron chi connectivity index (χ4n) is 0.659. The summed E-state index contributed by atoms with van der Waals surface area (Å²) in [5, 5.41) is 0. The van der Waals surface area contributed by atoms with Crippen LogP contribution in [0.5, 0.6) is 0 Å². The van der Waals surface area contributed by atoms with Crippen LogP contribution >= 0.6 is 16.5 Å². The van der Waals surface area contributed by atoms with E-state index < -0.39 is 16.5 Å². The van der Waals surface area contributed by atoms with Gasteiger partial charge in [-0.2, -0.15) is 0 Å². The maximum Gasteiger partial charge on any atom is 0.488 e. The first-order valence-corrected chi connectivity index (χ1v) is 5.86. The normalized spacial score (nSPS) is 12.8. The van der Waals surface area contributed by atoms with Gasteiger partial charge in [0.15, 0.2) is 0 Å². The van der Waals surface area contributed by atoms with E-state index in [1.165, 1.54) is 0 Å². The lowest BCUT2D eigenvalue weighted by molar-refractivity contribution is -0.186. The summed E-state index contributed by atoms with van der Waals surface area (Å²) in [5.74, 6) is 0. The largest absolute Gasteiger partial charge is 0.566 e. The molecule has 2 unspecified atom stereocenters. The SMILES string of the molecule is O=[P+]([O-])OCCCCCO[P+](=O)[O-]. The second-order valence-corrected chi connectivity index (χ2v) is 3.59. The van der Waals surface area contributed by atoms with Crippen LogP contribution < -0.4 is 9.79 Å². The van der Waals surface area contributed by atoms with Gasteiger partial charge in [0.1, 0.15) is 13.2 Å². The molecule has 0 spiro atoms. The van der Waals surface area contributed by atoms with Crippen LogP contribution in [-0.4, -0.2) is 13.2 Å². The fourth-order valence-corrected chi connectivity index (χ4v) is 1.22. The first-order chi connectivity index (χ1) is 6.13. The minimum atomic E-state index is -2.76. The summed E-state index contributed by atoms with van der Waals surface area (Å²) in [6.45, 7) is 0.282. The maximum absolute atomic E-state index is 9.89. The third-order valence-corrected chi connectivity index (χ3v) is 1.97. The van der Waals surface area contributed by atoms with Gasteiger partial charge in [0.05, 0.1) is 0 Å². The molecule has 0 saturated heterocycles. The van der Waals surface area contributed by atoms with Gasteiger partial charge >= 0.3 is 16.5 Å². The van der Waals surface area contributed by atoms with Gasteiger partial charge in [0.2, 0.25) is 0 Å². The molecule has 2 atom stereocenters. The molecule has 0 amide bonds. The van der Waals surface area contributed by atoms with Gasteiger partial charge < -0.3 is 9.79 Å². The number of hydrogen-bond donors (Lipinski definition) is 0. The lowest BCUT2D eigenvalue weighted by Gasteiger charge is -1.95. The number of rotatable bonds is 8. The van der Waals surface area contributed by atoms with Gasteiger partial charge in [0.25, 0.3) is 0 Å². The highest BCUT2D eigenvalue weighted by Crippen LogP contribution is 2.12. The van der Waals surface area contributed by atoms with Crippen LogP contribution in [0.1, 0.15) is 19.3 Å². The molecular formula is C5H10O6P2. The highest BCUT2D eigenvalue weighted by Gasteiger charge is 2.02. The van der Waals surface area contributed by atoms with Crippen molar-refractivity contribution < 1.29 is 28.0 Å². The third kappa shape index (κ3) is 12.0. The van der Waals surface area contributed by atoms with Crippen molar-refractivity contribution in [1.82, 2.24) is 0 Å². The van der Waals surface area contributed by atoms with Crippen LogP contribution in [0, 0.1) is 0 Å². The molecule has 0 aliphatic carbocycles. The van der Waals surface area contributed by atoms with Crippen LogP contribution in [-0.2, 0) is 18.2 Å². The van der Waals surface area contributed by atoms with Gasteiger partial charge in [-0.15, -0.1) is 9.05 Å². The molecule has 0 heterocycles. The predicted octanol–water partition coefficient (Wildman–Crippen LogP) is 0.225. The van der Waals surface area contributed by atoms with E-state index in [2.05, 4.69) is 9.05 Å². The summed E-state index contributed by atoms with van der Waals surface area (Å²) in [6.07, 6.45) is 1.82. The van der Waals surface area contributed by atoms with Crippen molar-refractivity contribution in [2.75, 3.05) is 13.2 Å². The molecule has 0 aromatic carbocycles. The van der Waals surface area contributed by atoms with Crippen molar-refractivity contribution >= 4 is 16.5 Å². The van der Waals surface area contributed by atoms with Crippen molar-refractivity contribution in [2.24, 2.45) is 0 Å². The van der Waals surface area contributed by atoms with Crippen molar-refractivity contribution in [3.05, 3.63) is 0 Å². The molecule has 0 aromatic heterocycles. The van der Waals surface area contributed by atoms with E-state index in [1.807, 2.05) is 0 Å². The minimum Gasteiger partial charge on any atom is -0.566 e. The zero-order valence-electron chi connectivity index (χ0n) is 6.88. The molecule has 0 fully saturated rings. The van der Waals surface area contributed by atoms with Crippen LogP contribution in [0.3, 0.4) is 0 Å². The Morgan fingerprint density at radius 2 is 1.23 bits per heavy atom. The smallest absolute Gasteiger partial charge is 0.488 e. The minimum absolute atomic E-state index is 0.141. The average Bonchev–Trinajstić information content (AvgIpc) is 2.01. The van der Waals surface area contributed by atoms with E-state index in [4.69, 9.17) is 0 Å². The van der Waals surface area contributed by atoms with Crippen molar-refractivity contribution in [3.8, 4) is 0 Å². The first kappa shape index (κ1) is 13.0. The second-order valence-electron chi connectivity index (χ2n) is 2.17. The Kier molecular flexibility index (Phi) is 8.66. The van der Waals surface area contributed by atoms with E-state index in [9.17, 15) is 18.9 Å². The molecule has 0 saturated carbocycles. The third-order valence-electron chi connectivity index (χ3n) is 1.18. The van der Waals surface area contributed by atoms with E-state index in [-0.39, 0.29) is 13.2 Å². The molecule has 0 rings (SSSR count). The van der Waals surface area contributed by atoms with Crippen LogP contribution in [0.15, 0.2) is 0 Å². The lowest BCUT2D eigenvalue weighted by Crippen LogP contribution is -1.96. The predicted molar refractivity (Wildman–Crippen MR) is 41.0 cm³/mol. The molecular weight excluding hydrogens is 218 g/mol. The van der Waals surface area contributed by atoms with Gasteiger partial charge in [-0.05, 0) is 28.4 Å².